The van der Waals surface area contributed by atoms with Gasteiger partial charge in [-0.05, 0) is 19.1 Å². The molecule has 4 nitrogen and oxygen atoms in total. The summed E-state index contributed by atoms with van der Waals surface area (Å²) in [6, 6.07) is 11.0. The van der Waals surface area contributed by atoms with E-state index in [1.54, 1.807) is 6.20 Å². The molecule has 0 aliphatic heterocycles. The van der Waals surface area contributed by atoms with Crippen LogP contribution in [0.3, 0.4) is 0 Å². The lowest BCUT2D eigenvalue weighted by Crippen LogP contribution is -2.17. The van der Waals surface area contributed by atoms with E-state index in [-0.39, 0.29) is 5.43 Å². The Morgan fingerprint density at radius 3 is 2.47 bits per heavy atom. The molecule has 0 radical (unpaired) electrons. The molecule has 2 aromatic rings. The van der Waals surface area contributed by atoms with Gasteiger partial charge in [-0.25, -0.2) is 0 Å². The predicted molar refractivity (Wildman–Crippen MR) is 73.9 cm³/mol. The molecular weight excluding hydrogens is 242 g/mol. The smallest absolute Gasteiger partial charge is 0.223 e. The summed E-state index contributed by atoms with van der Waals surface area (Å²) in [7, 11) is 1.88. The van der Waals surface area contributed by atoms with E-state index in [1.807, 2.05) is 48.9 Å². The minimum atomic E-state index is -0.102. The summed E-state index contributed by atoms with van der Waals surface area (Å²) < 4.78 is 12.9. The number of para-hydroxylation sites is 1. The van der Waals surface area contributed by atoms with E-state index in [9.17, 15) is 4.79 Å². The Bertz CT molecular complexity index is 590. The Balaban J connectivity index is 1.90. The van der Waals surface area contributed by atoms with Crippen molar-refractivity contribution in [1.82, 2.24) is 4.57 Å². The fourth-order valence-corrected chi connectivity index (χ4v) is 1.70. The van der Waals surface area contributed by atoms with Gasteiger partial charge in [-0.1, -0.05) is 18.2 Å². The van der Waals surface area contributed by atoms with Crippen LogP contribution < -0.4 is 14.9 Å². The molecule has 0 amide bonds. The molecule has 100 valence electrons. The molecule has 0 saturated heterocycles. The summed E-state index contributed by atoms with van der Waals surface area (Å²) in [4.78, 5) is 11.7. The van der Waals surface area contributed by atoms with E-state index in [0.29, 0.717) is 19.0 Å². The van der Waals surface area contributed by atoms with Crippen molar-refractivity contribution in [3.05, 3.63) is 58.5 Å². The molecule has 0 aliphatic rings. The second-order valence-corrected chi connectivity index (χ2v) is 4.22. The van der Waals surface area contributed by atoms with Crippen LogP contribution in [0, 0.1) is 6.92 Å². The van der Waals surface area contributed by atoms with Crippen LogP contribution in [0.2, 0.25) is 0 Å². The van der Waals surface area contributed by atoms with Crippen LogP contribution in [0.25, 0.3) is 0 Å². The molecule has 0 unspecified atom stereocenters. The van der Waals surface area contributed by atoms with Gasteiger partial charge in [0.1, 0.15) is 19.0 Å². The van der Waals surface area contributed by atoms with Gasteiger partial charge < -0.3 is 14.0 Å². The quantitative estimate of drug-likeness (QED) is 0.772. The van der Waals surface area contributed by atoms with E-state index < -0.39 is 0 Å². The lowest BCUT2D eigenvalue weighted by Gasteiger charge is -2.11. The summed E-state index contributed by atoms with van der Waals surface area (Å²) in [6.07, 6.45) is 1.73. The first-order valence-corrected chi connectivity index (χ1v) is 6.15. The molecule has 0 N–H and O–H groups in total. The van der Waals surface area contributed by atoms with Crippen molar-refractivity contribution in [2.45, 2.75) is 6.92 Å². The summed E-state index contributed by atoms with van der Waals surface area (Å²) in [5.74, 6) is 1.19. The van der Waals surface area contributed by atoms with E-state index in [4.69, 9.17) is 9.47 Å². The van der Waals surface area contributed by atoms with Crippen LogP contribution in [0.4, 0.5) is 0 Å². The van der Waals surface area contributed by atoms with Crippen LogP contribution >= 0.6 is 0 Å². The number of aromatic nitrogens is 1. The second kappa shape index (κ2) is 6.09. The zero-order valence-corrected chi connectivity index (χ0v) is 11.1. The van der Waals surface area contributed by atoms with Crippen LogP contribution in [0.15, 0.2) is 47.4 Å². The highest BCUT2D eigenvalue weighted by Gasteiger charge is 2.06. The maximum absolute atomic E-state index is 11.7. The summed E-state index contributed by atoms with van der Waals surface area (Å²) in [5.41, 5.74) is 0.711. The van der Waals surface area contributed by atoms with Gasteiger partial charge in [0.25, 0.3) is 0 Å². The minimum Gasteiger partial charge on any atom is -0.490 e. The van der Waals surface area contributed by atoms with Crippen LogP contribution in [0.5, 0.6) is 11.5 Å². The fraction of sp³-hybridized carbons (Fsp3) is 0.267. The van der Waals surface area contributed by atoms with Crippen LogP contribution in [-0.4, -0.2) is 17.8 Å². The summed E-state index contributed by atoms with van der Waals surface area (Å²) in [6.45, 7) is 2.60. The number of rotatable bonds is 5. The lowest BCUT2D eigenvalue weighted by molar-refractivity contribution is 0.214. The average molecular weight is 259 g/mol. The highest BCUT2D eigenvalue weighted by atomic mass is 16.5. The Kier molecular flexibility index (Phi) is 4.23. The molecule has 1 aromatic carbocycles. The molecule has 0 saturated carbocycles. The SMILES string of the molecule is Cc1c(OCCOc2ccccc2)c(=O)ccn1C. The van der Waals surface area contributed by atoms with E-state index in [2.05, 4.69) is 0 Å². The van der Waals surface area contributed by atoms with Crippen LogP contribution in [0.1, 0.15) is 5.69 Å². The van der Waals surface area contributed by atoms with Gasteiger partial charge in [-0.2, -0.15) is 0 Å². The van der Waals surface area contributed by atoms with Gasteiger partial charge in [-0.3, -0.25) is 4.79 Å². The molecule has 0 bridgehead atoms. The third-order valence-corrected chi connectivity index (χ3v) is 2.87. The maximum Gasteiger partial charge on any atom is 0.223 e. The first kappa shape index (κ1) is 13.2. The van der Waals surface area contributed by atoms with Crippen molar-refractivity contribution >= 4 is 0 Å². The van der Waals surface area contributed by atoms with E-state index in [0.717, 1.165) is 11.4 Å². The first-order chi connectivity index (χ1) is 9.18. The Morgan fingerprint density at radius 1 is 1.05 bits per heavy atom. The Labute approximate surface area is 112 Å². The van der Waals surface area contributed by atoms with Gasteiger partial charge in [0.15, 0.2) is 5.75 Å². The van der Waals surface area contributed by atoms with E-state index in [1.165, 1.54) is 6.07 Å². The van der Waals surface area contributed by atoms with Crippen molar-refractivity contribution in [1.29, 1.82) is 0 Å². The predicted octanol–water partition coefficient (Wildman–Crippen LogP) is 2.15. The first-order valence-electron chi connectivity index (χ1n) is 6.15. The molecule has 0 spiro atoms. The standard InChI is InChI=1S/C15H17NO3/c1-12-15(14(17)8-9-16(12)2)19-11-10-18-13-6-4-3-5-7-13/h3-9H,10-11H2,1-2H3. The molecular formula is C15H17NO3. The zero-order chi connectivity index (χ0) is 13.7. The van der Waals surface area contributed by atoms with Crippen molar-refractivity contribution in [2.75, 3.05) is 13.2 Å². The third kappa shape index (κ3) is 3.37. The molecule has 0 fully saturated rings. The number of benzene rings is 1. The normalized spacial score (nSPS) is 10.2. The highest BCUT2D eigenvalue weighted by Crippen LogP contribution is 2.11. The molecule has 2 rings (SSSR count). The number of aryl methyl sites for hydroxylation is 1. The summed E-state index contributed by atoms with van der Waals surface area (Å²) >= 11 is 0. The van der Waals surface area contributed by atoms with Gasteiger partial charge in [-0.15, -0.1) is 0 Å². The van der Waals surface area contributed by atoms with E-state index >= 15 is 0 Å². The minimum absolute atomic E-state index is 0.102. The average Bonchev–Trinajstić information content (AvgIpc) is 2.43. The highest BCUT2D eigenvalue weighted by molar-refractivity contribution is 5.27. The lowest BCUT2D eigenvalue weighted by atomic mass is 10.3. The molecule has 0 aliphatic carbocycles. The van der Waals surface area contributed by atoms with Crippen molar-refractivity contribution in [3.63, 3.8) is 0 Å². The Morgan fingerprint density at radius 2 is 1.74 bits per heavy atom. The molecule has 0 atom stereocenters. The maximum atomic E-state index is 11.7. The van der Waals surface area contributed by atoms with Crippen LogP contribution in [-0.2, 0) is 7.05 Å². The van der Waals surface area contributed by atoms with Crippen molar-refractivity contribution in [2.24, 2.45) is 7.05 Å². The monoisotopic (exact) mass is 259 g/mol. The Hall–Kier alpha value is -2.23. The molecule has 4 heteroatoms. The zero-order valence-electron chi connectivity index (χ0n) is 11.1. The van der Waals surface area contributed by atoms with Crippen molar-refractivity contribution in [3.8, 4) is 11.5 Å². The largest absolute Gasteiger partial charge is 0.490 e. The number of nitrogens with zero attached hydrogens (tertiary/aromatic N) is 1. The van der Waals surface area contributed by atoms with Gasteiger partial charge in [0, 0.05) is 19.3 Å². The molecule has 1 heterocycles. The summed E-state index contributed by atoms with van der Waals surface area (Å²) in [5, 5.41) is 0. The molecule has 1 aromatic heterocycles. The molecule has 19 heavy (non-hydrogen) atoms. The fourth-order valence-electron chi connectivity index (χ4n) is 1.70. The number of hydrogen-bond donors (Lipinski definition) is 0. The van der Waals surface area contributed by atoms with Crippen molar-refractivity contribution < 1.29 is 9.47 Å². The second-order valence-electron chi connectivity index (χ2n) is 4.22. The number of hydrogen-bond acceptors (Lipinski definition) is 3. The van der Waals surface area contributed by atoms with Gasteiger partial charge in [0.2, 0.25) is 5.43 Å². The number of pyridine rings is 1. The van der Waals surface area contributed by atoms with Gasteiger partial charge in [0.05, 0.1) is 5.69 Å². The number of ether oxygens (including phenoxy) is 2. The van der Waals surface area contributed by atoms with Gasteiger partial charge >= 0.3 is 0 Å². The third-order valence-electron chi connectivity index (χ3n) is 2.87. The topological polar surface area (TPSA) is 40.5 Å².